The van der Waals surface area contributed by atoms with Gasteiger partial charge in [0.25, 0.3) is 0 Å². The molecule has 0 aromatic carbocycles. The normalized spacial score (nSPS) is 24.5. The largest absolute Gasteiger partial charge is 0.343 e. The van der Waals surface area contributed by atoms with Crippen LogP contribution >= 0.6 is 11.6 Å². The number of aromatic nitrogens is 3. The number of aryl methyl sites for hydroxylation is 1. The van der Waals surface area contributed by atoms with Crippen LogP contribution in [0.1, 0.15) is 37.8 Å². The van der Waals surface area contributed by atoms with E-state index >= 15 is 0 Å². The van der Waals surface area contributed by atoms with Crippen LogP contribution in [0.3, 0.4) is 0 Å². The molecule has 3 fully saturated rings. The average molecular weight is 479 g/mol. The summed E-state index contributed by atoms with van der Waals surface area (Å²) in [6, 6.07) is 4.66. The molecular weight excluding hydrogens is 452 g/mol. The van der Waals surface area contributed by atoms with E-state index in [2.05, 4.69) is 15.4 Å². The van der Waals surface area contributed by atoms with Crippen molar-refractivity contribution in [1.82, 2.24) is 20.1 Å². The molecule has 9 nitrogen and oxygen atoms in total. The highest BCUT2D eigenvalue weighted by Crippen LogP contribution is 2.37. The molecule has 32 heavy (non-hydrogen) atoms. The van der Waals surface area contributed by atoms with Crippen LogP contribution in [-0.2, 0) is 14.6 Å². The zero-order valence-corrected chi connectivity index (χ0v) is 19.4. The number of anilines is 1. The van der Waals surface area contributed by atoms with Gasteiger partial charge in [0.05, 0.1) is 28.0 Å². The van der Waals surface area contributed by atoms with Crippen LogP contribution in [0, 0.1) is 12.8 Å². The maximum absolute atomic E-state index is 13.2. The summed E-state index contributed by atoms with van der Waals surface area (Å²) in [5.74, 6) is 0.855. The zero-order valence-electron chi connectivity index (χ0n) is 17.9. The highest BCUT2D eigenvalue weighted by atomic mass is 35.5. The van der Waals surface area contributed by atoms with Crippen LogP contribution in [0.2, 0.25) is 5.15 Å². The molecule has 5 rings (SSSR count). The first-order valence-electron chi connectivity index (χ1n) is 10.9. The fourth-order valence-corrected chi connectivity index (χ4v) is 6.60. The lowest BCUT2D eigenvalue weighted by molar-refractivity contribution is -0.123. The van der Waals surface area contributed by atoms with Crippen molar-refractivity contribution in [2.45, 2.75) is 56.0 Å². The maximum atomic E-state index is 13.2. The second kappa shape index (κ2) is 7.71. The minimum Gasteiger partial charge on any atom is -0.343 e. The summed E-state index contributed by atoms with van der Waals surface area (Å²) < 4.78 is 27.9. The number of amides is 1. The van der Waals surface area contributed by atoms with Crippen molar-refractivity contribution in [3.8, 4) is 5.69 Å². The van der Waals surface area contributed by atoms with Crippen LogP contribution in [0.4, 0.5) is 5.82 Å². The predicted octanol–water partition coefficient (Wildman–Crippen LogP) is 1.57. The smallest absolute Gasteiger partial charge is 0.244 e. The number of hydrogen-bond acceptors (Lipinski definition) is 7. The van der Waals surface area contributed by atoms with E-state index in [0.717, 1.165) is 31.4 Å². The molecule has 2 aromatic heterocycles. The molecule has 0 radical (unpaired) electrons. The van der Waals surface area contributed by atoms with Gasteiger partial charge in [0.2, 0.25) is 5.91 Å². The minimum atomic E-state index is -3.32. The Kier molecular flexibility index (Phi) is 5.22. The van der Waals surface area contributed by atoms with Crippen molar-refractivity contribution in [2.75, 3.05) is 17.2 Å². The summed E-state index contributed by atoms with van der Waals surface area (Å²) in [7, 11) is -3.32. The molecule has 1 saturated heterocycles. The third-order valence-corrected chi connectivity index (χ3v) is 8.96. The zero-order chi connectivity index (χ0) is 22.7. The first-order chi connectivity index (χ1) is 15.1. The first kappa shape index (κ1) is 21.7. The van der Waals surface area contributed by atoms with Crippen molar-refractivity contribution < 1.29 is 13.2 Å². The number of nitrogens with two attached hydrogens (primary N) is 1. The van der Waals surface area contributed by atoms with E-state index in [4.69, 9.17) is 17.3 Å². The Morgan fingerprint density at radius 2 is 2.09 bits per heavy atom. The molecule has 2 aromatic rings. The topological polar surface area (TPSA) is 123 Å². The monoisotopic (exact) mass is 478 g/mol. The number of nitrogens with one attached hydrogen (secondary N) is 1. The lowest BCUT2D eigenvalue weighted by Gasteiger charge is -2.27. The van der Waals surface area contributed by atoms with Crippen LogP contribution in [0.25, 0.3) is 5.69 Å². The van der Waals surface area contributed by atoms with Crippen molar-refractivity contribution in [2.24, 2.45) is 11.7 Å². The van der Waals surface area contributed by atoms with Gasteiger partial charge in [-0.3, -0.25) is 4.79 Å². The Morgan fingerprint density at radius 3 is 2.75 bits per heavy atom. The molecule has 3 heterocycles. The first-order valence-corrected chi connectivity index (χ1v) is 13.0. The van der Waals surface area contributed by atoms with E-state index in [-0.39, 0.29) is 30.5 Å². The molecule has 172 valence electrons. The summed E-state index contributed by atoms with van der Waals surface area (Å²) >= 11 is 6.09. The fraction of sp³-hybridized carbons (Fsp3) is 0.571. The van der Waals surface area contributed by atoms with E-state index in [9.17, 15) is 13.2 Å². The predicted molar refractivity (Wildman–Crippen MR) is 121 cm³/mol. The van der Waals surface area contributed by atoms with Gasteiger partial charge in [0.1, 0.15) is 17.0 Å². The number of hydrogen-bond donors (Lipinski definition) is 2. The summed E-state index contributed by atoms with van der Waals surface area (Å²) in [4.78, 5) is 19.1. The Balaban J connectivity index is 1.50. The molecule has 0 unspecified atom stereocenters. The molecule has 1 amide bonds. The quantitative estimate of drug-likeness (QED) is 0.457. The highest BCUT2D eigenvalue weighted by molar-refractivity contribution is 7.92. The molecule has 0 spiro atoms. The molecule has 1 aliphatic heterocycles. The van der Waals surface area contributed by atoms with Gasteiger partial charge in [-0.2, -0.15) is 5.10 Å². The van der Waals surface area contributed by atoms with Crippen LogP contribution < -0.4 is 16.0 Å². The molecule has 2 atom stereocenters. The Bertz CT molecular complexity index is 1160. The standard InChI is InChI=1S/C21H27ClN6O3S/c1-13-8-19(28(26-13)15-4-7-24-18(22)9-15)27-11-16(32(30,31)12-14-2-3-14)10-17(27)20(29)25-21(23)5-6-21/h4,7-9,14,16-17H,2-3,5-6,10-12,23H2,1H3,(H,25,29)/t16-,17+/m1/s1. The van der Waals surface area contributed by atoms with Crippen molar-refractivity contribution >= 4 is 33.2 Å². The lowest BCUT2D eigenvalue weighted by atomic mass is 10.2. The maximum Gasteiger partial charge on any atom is 0.244 e. The second-order valence-corrected chi connectivity index (χ2v) is 12.0. The van der Waals surface area contributed by atoms with Crippen molar-refractivity contribution in [3.05, 3.63) is 35.2 Å². The van der Waals surface area contributed by atoms with Gasteiger partial charge in [-0.15, -0.1) is 0 Å². The van der Waals surface area contributed by atoms with Crippen molar-refractivity contribution in [3.63, 3.8) is 0 Å². The van der Waals surface area contributed by atoms with E-state index < -0.39 is 26.8 Å². The Hall–Kier alpha value is -2.17. The van der Waals surface area contributed by atoms with Gasteiger partial charge >= 0.3 is 0 Å². The highest BCUT2D eigenvalue weighted by Gasteiger charge is 2.48. The van der Waals surface area contributed by atoms with Gasteiger partial charge in [-0.25, -0.2) is 18.1 Å². The average Bonchev–Trinajstić information content (AvgIpc) is 3.57. The van der Waals surface area contributed by atoms with E-state index in [0.29, 0.717) is 16.7 Å². The lowest BCUT2D eigenvalue weighted by Crippen LogP contribution is -2.52. The number of nitrogens with zero attached hydrogens (tertiary/aromatic N) is 4. The molecule has 3 aliphatic rings. The molecule has 2 saturated carbocycles. The van der Waals surface area contributed by atoms with Gasteiger partial charge < -0.3 is 16.0 Å². The van der Waals surface area contributed by atoms with Gasteiger partial charge in [0.15, 0.2) is 9.84 Å². The molecule has 3 N–H and O–H groups in total. The summed E-state index contributed by atoms with van der Waals surface area (Å²) in [6.07, 6.45) is 5.19. The SMILES string of the molecule is Cc1cc(N2C[C@H](S(=O)(=O)CC3CC3)C[C@H]2C(=O)NC2(N)CC2)n(-c2ccnc(Cl)c2)n1. The molecule has 2 aliphatic carbocycles. The van der Waals surface area contributed by atoms with E-state index in [1.54, 1.807) is 23.0 Å². The second-order valence-electron chi connectivity index (χ2n) is 9.34. The summed E-state index contributed by atoms with van der Waals surface area (Å²) in [5.41, 5.74) is 6.88. The van der Waals surface area contributed by atoms with Crippen LogP contribution in [0.15, 0.2) is 24.4 Å². The molecule has 11 heteroatoms. The summed E-state index contributed by atoms with van der Waals surface area (Å²) in [5, 5.41) is 7.20. The number of pyridine rings is 1. The van der Waals surface area contributed by atoms with Gasteiger partial charge in [-0.05, 0) is 51.0 Å². The number of rotatable bonds is 7. The number of carbonyl (C=O) groups is 1. The Morgan fingerprint density at radius 1 is 1.34 bits per heavy atom. The number of carbonyl (C=O) groups excluding carboxylic acids is 1. The molecule has 0 bridgehead atoms. The van der Waals surface area contributed by atoms with Gasteiger partial charge in [-0.1, -0.05) is 11.6 Å². The van der Waals surface area contributed by atoms with E-state index in [1.165, 1.54) is 0 Å². The third kappa shape index (κ3) is 4.35. The van der Waals surface area contributed by atoms with Crippen LogP contribution in [-0.4, -0.2) is 58.3 Å². The van der Waals surface area contributed by atoms with Crippen LogP contribution in [0.5, 0.6) is 0 Å². The van der Waals surface area contributed by atoms with Gasteiger partial charge in [0, 0.05) is 24.9 Å². The summed E-state index contributed by atoms with van der Waals surface area (Å²) in [6.45, 7) is 2.09. The number of halogens is 1. The van der Waals surface area contributed by atoms with Crippen molar-refractivity contribution in [1.29, 1.82) is 0 Å². The Labute approximate surface area is 192 Å². The third-order valence-electron chi connectivity index (χ3n) is 6.46. The minimum absolute atomic E-state index is 0.193. The van der Waals surface area contributed by atoms with E-state index in [1.807, 2.05) is 17.9 Å². The number of sulfone groups is 1. The molecular formula is C21H27ClN6O3S. The fourth-order valence-electron chi connectivity index (χ4n) is 4.30.